The summed E-state index contributed by atoms with van der Waals surface area (Å²) < 4.78 is 32.5. The summed E-state index contributed by atoms with van der Waals surface area (Å²) in [5.41, 5.74) is 8.72. The van der Waals surface area contributed by atoms with Crippen LogP contribution in [0.5, 0.6) is 23.0 Å². The molecule has 0 spiro atoms. The van der Waals surface area contributed by atoms with Crippen LogP contribution in [0.4, 0.5) is 0 Å². The van der Waals surface area contributed by atoms with E-state index in [4.69, 9.17) is 22.6 Å². The summed E-state index contributed by atoms with van der Waals surface area (Å²) >= 11 is 1.69. The Balaban J connectivity index is 1.64. The predicted molar refractivity (Wildman–Crippen MR) is 201 cm³/mol. The van der Waals surface area contributed by atoms with Crippen molar-refractivity contribution in [2.45, 2.75) is 98.5 Å². The fraction of sp³-hybridized carbons (Fsp3) is 0.385. The molecule has 0 aliphatic heterocycles. The zero-order valence-electron chi connectivity index (χ0n) is 29.7. The smallest absolute Gasteiger partial charge is 0.440 e. The van der Waals surface area contributed by atoms with Crippen molar-refractivity contribution in [3.05, 3.63) is 111 Å². The predicted octanol–water partition coefficient (Wildman–Crippen LogP) is 12.9. The number of thioether (sulfide) groups is 1. The Hall–Kier alpha value is -2.75. The van der Waals surface area contributed by atoms with E-state index in [0.717, 1.165) is 66.8 Å². The maximum Gasteiger partial charge on any atom is 0.463 e. The SMILES string of the molecule is CSc1cc(C)c(OPOc2cc(C)ccc2C(C)C)c(COP(Oc2cc(C)ccc2C(C)C)Oc2cc(C)ccc2C(C)C)c1. The van der Waals surface area contributed by atoms with E-state index in [1.165, 1.54) is 5.56 Å². The van der Waals surface area contributed by atoms with Crippen LogP contribution in [0.15, 0.2) is 71.6 Å². The molecule has 4 rings (SSSR count). The van der Waals surface area contributed by atoms with E-state index < -0.39 is 8.60 Å². The first kappa shape index (κ1) is 37.1. The van der Waals surface area contributed by atoms with Gasteiger partial charge in [0.15, 0.2) is 0 Å². The van der Waals surface area contributed by atoms with Gasteiger partial charge in [0.2, 0.25) is 0 Å². The van der Waals surface area contributed by atoms with E-state index >= 15 is 0 Å². The van der Waals surface area contributed by atoms with Crippen molar-refractivity contribution in [3.63, 3.8) is 0 Å². The lowest BCUT2D eigenvalue weighted by Crippen LogP contribution is -2.06. The molecule has 0 bridgehead atoms. The molecule has 0 aromatic heterocycles. The maximum atomic E-state index is 6.65. The molecule has 4 aromatic rings. The molecule has 0 saturated heterocycles. The van der Waals surface area contributed by atoms with Crippen LogP contribution in [0.1, 0.15) is 104 Å². The van der Waals surface area contributed by atoms with Gasteiger partial charge in [-0.1, -0.05) is 77.9 Å². The highest BCUT2D eigenvalue weighted by Gasteiger charge is 2.24. The van der Waals surface area contributed by atoms with Gasteiger partial charge < -0.3 is 18.1 Å². The normalized spacial score (nSPS) is 11.8. The third-order valence-electron chi connectivity index (χ3n) is 7.90. The number of benzene rings is 4. The van der Waals surface area contributed by atoms with E-state index in [9.17, 15) is 0 Å². The lowest BCUT2D eigenvalue weighted by atomic mass is 10.0. The Morgan fingerprint density at radius 2 is 1.09 bits per heavy atom. The first-order valence-corrected chi connectivity index (χ1v) is 19.4. The van der Waals surface area contributed by atoms with Gasteiger partial charge in [0.25, 0.3) is 9.03 Å². The lowest BCUT2D eigenvalue weighted by molar-refractivity contribution is 0.252. The Morgan fingerprint density at radius 1 is 0.617 bits per heavy atom. The van der Waals surface area contributed by atoms with Gasteiger partial charge >= 0.3 is 8.60 Å². The topological polar surface area (TPSA) is 46.2 Å². The first-order chi connectivity index (χ1) is 22.4. The average molecular weight is 693 g/mol. The Labute approximate surface area is 290 Å². The molecule has 47 heavy (non-hydrogen) atoms. The second-order valence-electron chi connectivity index (χ2n) is 13.0. The summed E-state index contributed by atoms with van der Waals surface area (Å²) in [4.78, 5) is 1.13. The highest BCUT2D eigenvalue weighted by Crippen LogP contribution is 2.47. The second-order valence-corrected chi connectivity index (χ2v) is 15.5. The molecule has 4 aromatic carbocycles. The summed E-state index contributed by atoms with van der Waals surface area (Å²) in [6, 6.07) is 23.2. The summed E-state index contributed by atoms with van der Waals surface area (Å²) in [5, 5.41) is 0. The highest BCUT2D eigenvalue weighted by atomic mass is 32.2. The van der Waals surface area contributed by atoms with Crippen LogP contribution in [0.2, 0.25) is 0 Å². The third-order valence-corrected chi connectivity index (χ3v) is 10.2. The van der Waals surface area contributed by atoms with Crippen LogP contribution in [-0.2, 0) is 11.1 Å². The molecule has 5 nitrogen and oxygen atoms in total. The number of hydrogen-bond donors (Lipinski definition) is 0. The number of aryl methyl sites for hydroxylation is 4. The molecule has 0 N–H and O–H groups in total. The van der Waals surface area contributed by atoms with Gasteiger partial charge in [-0.15, -0.1) is 11.8 Å². The van der Waals surface area contributed by atoms with Crippen molar-refractivity contribution in [1.29, 1.82) is 0 Å². The summed E-state index contributed by atoms with van der Waals surface area (Å²) in [7, 11) is -2.05. The van der Waals surface area contributed by atoms with Crippen molar-refractivity contribution >= 4 is 29.4 Å². The molecule has 1 unspecified atom stereocenters. The van der Waals surface area contributed by atoms with Gasteiger partial charge in [0, 0.05) is 10.5 Å². The van der Waals surface area contributed by atoms with Gasteiger partial charge in [-0.3, -0.25) is 4.52 Å². The molecule has 0 aliphatic rings. The molecule has 0 fully saturated rings. The lowest BCUT2D eigenvalue weighted by Gasteiger charge is -2.23. The Morgan fingerprint density at radius 3 is 1.55 bits per heavy atom. The van der Waals surface area contributed by atoms with Crippen LogP contribution in [0.25, 0.3) is 0 Å². The minimum Gasteiger partial charge on any atom is -0.440 e. The molecular formula is C39H50O5P2S. The van der Waals surface area contributed by atoms with Gasteiger partial charge in [-0.2, -0.15) is 0 Å². The van der Waals surface area contributed by atoms with Crippen molar-refractivity contribution in [2.24, 2.45) is 0 Å². The zero-order chi connectivity index (χ0) is 34.2. The van der Waals surface area contributed by atoms with Gasteiger partial charge in [0.1, 0.15) is 23.0 Å². The van der Waals surface area contributed by atoms with Gasteiger partial charge in [-0.25, -0.2) is 0 Å². The van der Waals surface area contributed by atoms with Crippen molar-refractivity contribution < 1.29 is 22.6 Å². The van der Waals surface area contributed by atoms with Gasteiger partial charge in [-0.05, 0) is 121 Å². The fourth-order valence-corrected chi connectivity index (χ4v) is 7.51. The minimum atomic E-state index is -1.84. The average Bonchev–Trinajstić information content (AvgIpc) is 3.00. The number of rotatable bonds is 15. The standard InChI is InChI=1S/C39H50O5P2S/c1-24(2)33-15-12-27(7)18-36(33)41-45-42-39-30(10)21-32(47-11)22-31(39)23-40-46(43-37-19-28(8)13-16-34(37)25(3)4)44-38-20-29(9)14-17-35(38)26(5)6/h12-22,24-26,45H,23H2,1-11H3. The van der Waals surface area contributed by atoms with Crippen molar-refractivity contribution in [1.82, 2.24) is 0 Å². The van der Waals surface area contributed by atoms with Crippen LogP contribution in [0.3, 0.4) is 0 Å². The minimum absolute atomic E-state index is 0.215. The van der Waals surface area contributed by atoms with Crippen molar-refractivity contribution in [2.75, 3.05) is 6.26 Å². The van der Waals surface area contributed by atoms with E-state index in [0.29, 0.717) is 5.92 Å². The van der Waals surface area contributed by atoms with Crippen LogP contribution in [0, 0.1) is 27.7 Å². The maximum absolute atomic E-state index is 6.65. The quantitative estimate of drug-likeness (QED) is 0.0913. The molecule has 0 heterocycles. The summed E-state index contributed by atoms with van der Waals surface area (Å²) in [6.45, 7) is 21.6. The Bertz CT molecular complexity index is 1590. The fourth-order valence-electron chi connectivity index (χ4n) is 5.25. The van der Waals surface area contributed by atoms with Gasteiger partial charge in [0.05, 0.1) is 6.61 Å². The highest BCUT2D eigenvalue weighted by molar-refractivity contribution is 7.98. The molecule has 0 radical (unpaired) electrons. The van der Waals surface area contributed by atoms with E-state index in [1.807, 2.05) is 0 Å². The van der Waals surface area contributed by atoms with Crippen LogP contribution >= 0.6 is 29.4 Å². The largest absolute Gasteiger partial charge is 0.463 e. The molecule has 1 atom stereocenters. The van der Waals surface area contributed by atoms with Crippen LogP contribution < -0.4 is 18.1 Å². The molecule has 8 heteroatoms. The second kappa shape index (κ2) is 17.1. The molecule has 0 amide bonds. The molecule has 0 aliphatic carbocycles. The number of hydrogen-bond acceptors (Lipinski definition) is 6. The van der Waals surface area contributed by atoms with Crippen LogP contribution in [-0.4, -0.2) is 6.26 Å². The zero-order valence-corrected chi connectivity index (χ0v) is 32.4. The van der Waals surface area contributed by atoms with E-state index in [2.05, 4.69) is 142 Å². The monoisotopic (exact) mass is 692 g/mol. The summed E-state index contributed by atoms with van der Waals surface area (Å²) in [5.74, 6) is 4.08. The summed E-state index contributed by atoms with van der Waals surface area (Å²) in [6.07, 6.45) is 2.07. The molecule has 0 saturated carbocycles. The molecular weight excluding hydrogens is 642 g/mol. The first-order valence-electron chi connectivity index (χ1n) is 16.2. The molecule has 252 valence electrons. The third kappa shape index (κ3) is 10.1. The Kier molecular flexibility index (Phi) is 13.5. The van der Waals surface area contributed by atoms with E-state index in [-0.39, 0.29) is 27.5 Å². The van der Waals surface area contributed by atoms with E-state index in [1.54, 1.807) is 11.8 Å². The van der Waals surface area contributed by atoms with Crippen molar-refractivity contribution in [3.8, 4) is 23.0 Å².